The van der Waals surface area contributed by atoms with Crippen LogP contribution in [0.3, 0.4) is 0 Å². The fourth-order valence-corrected chi connectivity index (χ4v) is 1.68. The summed E-state index contributed by atoms with van der Waals surface area (Å²) in [6.07, 6.45) is 0.930. The molecule has 0 aliphatic carbocycles. The molecule has 1 heterocycles. The Bertz CT molecular complexity index is 573. The average molecular weight is 218 g/mol. The molecule has 1 aromatic carbocycles. The van der Waals surface area contributed by atoms with E-state index in [1.807, 2.05) is 19.1 Å². The van der Waals surface area contributed by atoms with Crippen molar-refractivity contribution < 1.29 is 5.11 Å². The first kappa shape index (κ1) is 10.8. The van der Waals surface area contributed by atoms with Crippen LogP contribution in [0.5, 0.6) is 0 Å². The van der Waals surface area contributed by atoms with Gasteiger partial charge in [0.25, 0.3) is 5.56 Å². The summed E-state index contributed by atoms with van der Waals surface area (Å²) in [4.78, 5) is 16.2. The number of aliphatic hydroxyl groups excluding tert-OH is 1. The molecule has 0 saturated carbocycles. The Morgan fingerprint density at radius 1 is 1.50 bits per heavy atom. The lowest BCUT2D eigenvalue weighted by Gasteiger charge is -2.08. The van der Waals surface area contributed by atoms with Crippen LogP contribution in [0.25, 0.3) is 10.9 Å². The zero-order valence-electron chi connectivity index (χ0n) is 9.34. The maximum absolute atomic E-state index is 12.0. The van der Waals surface area contributed by atoms with Gasteiger partial charge in [-0.1, -0.05) is 6.07 Å². The van der Waals surface area contributed by atoms with Gasteiger partial charge in [-0.05, 0) is 31.5 Å². The molecule has 0 saturated heterocycles. The second-order valence-corrected chi connectivity index (χ2v) is 4.07. The summed E-state index contributed by atoms with van der Waals surface area (Å²) in [6.45, 7) is 3.88. The van der Waals surface area contributed by atoms with Crippen molar-refractivity contribution in [1.82, 2.24) is 9.55 Å². The molecule has 0 aliphatic heterocycles. The predicted molar refractivity (Wildman–Crippen MR) is 62.4 cm³/mol. The van der Waals surface area contributed by atoms with Gasteiger partial charge in [0, 0.05) is 0 Å². The van der Waals surface area contributed by atoms with Gasteiger partial charge in [0.1, 0.15) is 0 Å². The lowest BCUT2D eigenvalue weighted by molar-refractivity contribution is 0.172. The molecular formula is C12H14N2O2. The van der Waals surface area contributed by atoms with Crippen LogP contribution in [0.2, 0.25) is 0 Å². The fraction of sp³-hybridized carbons (Fsp3) is 0.333. The van der Waals surface area contributed by atoms with Crippen LogP contribution in [0.4, 0.5) is 0 Å². The molecule has 0 radical (unpaired) electrons. The Morgan fingerprint density at radius 3 is 2.94 bits per heavy atom. The molecule has 0 fully saturated rings. The largest absolute Gasteiger partial charge is 0.392 e. The summed E-state index contributed by atoms with van der Waals surface area (Å²) < 4.78 is 1.43. The lowest BCUT2D eigenvalue weighted by atomic mass is 10.2. The van der Waals surface area contributed by atoms with Crippen LogP contribution in [0.1, 0.15) is 12.5 Å². The van der Waals surface area contributed by atoms with Gasteiger partial charge >= 0.3 is 0 Å². The number of rotatable bonds is 2. The number of aromatic nitrogens is 2. The third-order valence-electron chi connectivity index (χ3n) is 2.44. The second-order valence-electron chi connectivity index (χ2n) is 4.07. The number of nitrogens with zero attached hydrogens (tertiary/aromatic N) is 2. The maximum Gasteiger partial charge on any atom is 0.261 e. The molecule has 1 unspecified atom stereocenters. The summed E-state index contributed by atoms with van der Waals surface area (Å²) in [5.41, 5.74) is 1.67. The minimum atomic E-state index is -0.553. The summed E-state index contributed by atoms with van der Waals surface area (Å²) >= 11 is 0. The summed E-state index contributed by atoms with van der Waals surface area (Å²) in [5, 5.41) is 9.85. The van der Waals surface area contributed by atoms with Crippen molar-refractivity contribution in [3.63, 3.8) is 0 Å². The zero-order chi connectivity index (χ0) is 11.7. The molecule has 0 bridgehead atoms. The van der Waals surface area contributed by atoms with E-state index in [1.54, 1.807) is 13.0 Å². The molecule has 2 aromatic rings. The molecule has 16 heavy (non-hydrogen) atoms. The van der Waals surface area contributed by atoms with E-state index in [1.165, 1.54) is 10.9 Å². The zero-order valence-corrected chi connectivity index (χ0v) is 9.34. The van der Waals surface area contributed by atoms with Gasteiger partial charge in [-0.25, -0.2) is 4.98 Å². The molecule has 0 spiro atoms. The van der Waals surface area contributed by atoms with Gasteiger partial charge in [-0.3, -0.25) is 9.36 Å². The molecule has 0 amide bonds. The number of hydrogen-bond donors (Lipinski definition) is 1. The maximum atomic E-state index is 12.0. The Labute approximate surface area is 93.2 Å². The Balaban J connectivity index is 2.61. The van der Waals surface area contributed by atoms with Gasteiger partial charge in [-0.15, -0.1) is 0 Å². The molecule has 2 rings (SSSR count). The smallest absolute Gasteiger partial charge is 0.261 e. The van der Waals surface area contributed by atoms with E-state index in [9.17, 15) is 9.90 Å². The van der Waals surface area contributed by atoms with Crippen molar-refractivity contribution in [3.8, 4) is 0 Å². The van der Waals surface area contributed by atoms with E-state index in [0.29, 0.717) is 10.9 Å². The van der Waals surface area contributed by atoms with E-state index in [-0.39, 0.29) is 12.1 Å². The SMILES string of the molecule is Cc1ccc2c(=O)n(CC(C)O)cnc2c1. The number of aliphatic hydroxyl groups is 1. The number of hydrogen-bond acceptors (Lipinski definition) is 3. The van der Waals surface area contributed by atoms with Crippen molar-refractivity contribution in [1.29, 1.82) is 0 Å². The van der Waals surface area contributed by atoms with E-state index >= 15 is 0 Å². The predicted octanol–water partition coefficient (Wildman–Crippen LogP) is 1.09. The highest BCUT2D eigenvalue weighted by Gasteiger charge is 2.05. The first-order valence-electron chi connectivity index (χ1n) is 5.22. The van der Waals surface area contributed by atoms with Crippen LogP contribution in [0, 0.1) is 6.92 Å². The summed E-state index contributed by atoms with van der Waals surface area (Å²) in [6, 6.07) is 5.54. The normalized spacial score (nSPS) is 12.9. The van der Waals surface area contributed by atoms with Gasteiger partial charge < -0.3 is 5.11 Å². The van der Waals surface area contributed by atoms with Crippen LogP contribution >= 0.6 is 0 Å². The highest BCUT2D eigenvalue weighted by atomic mass is 16.3. The summed E-state index contributed by atoms with van der Waals surface area (Å²) in [5.74, 6) is 0. The Kier molecular flexibility index (Phi) is 2.75. The van der Waals surface area contributed by atoms with Crippen molar-refractivity contribution in [2.45, 2.75) is 26.5 Å². The van der Waals surface area contributed by atoms with Gasteiger partial charge in [-0.2, -0.15) is 0 Å². The van der Waals surface area contributed by atoms with Crippen molar-refractivity contribution in [2.75, 3.05) is 0 Å². The molecule has 1 atom stereocenters. The number of benzene rings is 1. The minimum Gasteiger partial charge on any atom is -0.392 e. The highest BCUT2D eigenvalue weighted by Crippen LogP contribution is 2.08. The van der Waals surface area contributed by atoms with E-state index < -0.39 is 6.10 Å². The standard InChI is InChI=1S/C12H14N2O2/c1-8-3-4-10-11(5-8)13-7-14(12(10)16)6-9(2)15/h3-5,7,9,15H,6H2,1-2H3. The van der Waals surface area contributed by atoms with E-state index in [2.05, 4.69) is 4.98 Å². The highest BCUT2D eigenvalue weighted by molar-refractivity contribution is 5.77. The first-order valence-corrected chi connectivity index (χ1v) is 5.22. The second kappa shape index (κ2) is 4.06. The molecule has 1 N–H and O–H groups in total. The molecule has 4 heteroatoms. The van der Waals surface area contributed by atoms with Crippen LogP contribution in [-0.2, 0) is 6.54 Å². The van der Waals surface area contributed by atoms with Crippen LogP contribution in [-0.4, -0.2) is 20.8 Å². The van der Waals surface area contributed by atoms with E-state index in [0.717, 1.165) is 5.56 Å². The van der Waals surface area contributed by atoms with Gasteiger partial charge in [0.05, 0.1) is 29.9 Å². The average Bonchev–Trinajstić information content (AvgIpc) is 2.22. The van der Waals surface area contributed by atoms with Crippen LogP contribution in [0.15, 0.2) is 29.3 Å². The van der Waals surface area contributed by atoms with Crippen molar-refractivity contribution in [2.24, 2.45) is 0 Å². The number of aryl methyl sites for hydroxylation is 1. The number of fused-ring (bicyclic) bond motifs is 1. The quantitative estimate of drug-likeness (QED) is 0.820. The molecule has 84 valence electrons. The Morgan fingerprint density at radius 2 is 2.25 bits per heavy atom. The fourth-order valence-electron chi connectivity index (χ4n) is 1.68. The van der Waals surface area contributed by atoms with E-state index in [4.69, 9.17) is 0 Å². The first-order chi connectivity index (χ1) is 7.58. The summed E-state index contributed by atoms with van der Waals surface area (Å²) in [7, 11) is 0. The third-order valence-corrected chi connectivity index (χ3v) is 2.44. The van der Waals surface area contributed by atoms with Crippen molar-refractivity contribution in [3.05, 3.63) is 40.4 Å². The third kappa shape index (κ3) is 1.97. The molecular weight excluding hydrogens is 204 g/mol. The van der Waals surface area contributed by atoms with Gasteiger partial charge in [0.15, 0.2) is 0 Å². The molecule has 4 nitrogen and oxygen atoms in total. The topological polar surface area (TPSA) is 55.1 Å². The Hall–Kier alpha value is -1.68. The molecule has 0 aliphatic rings. The molecule has 1 aromatic heterocycles. The van der Waals surface area contributed by atoms with Crippen molar-refractivity contribution >= 4 is 10.9 Å². The minimum absolute atomic E-state index is 0.106. The monoisotopic (exact) mass is 218 g/mol. The lowest BCUT2D eigenvalue weighted by Crippen LogP contribution is -2.25. The van der Waals surface area contributed by atoms with Crippen LogP contribution < -0.4 is 5.56 Å². The van der Waals surface area contributed by atoms with Gasteiger partial charge in [0.2, 0.25) is 0 Å².